The van der Waals surface area contributed by atoms with E-state index in [2.05, 4.69) is 20.2 Å². The molecule has 0 amide bonds. The summed E-state index contributed by atoms with van der Waals surface area (Å²) in [5.74, 6) is 0.449. The molecule has 72 valence electrons. The van der Waals surface area contributed by atoms with Gasteiger partial charge in [0.25, 0.3) is 0 Å². The van der Waals surface area contributed by atoms with Gasteiger partial charge in [0.1, 0.15) is 12.1 Å². The van der Waals surface area contributed by atoms with Crippen molar-refractivity contribution in [3.05, 3.63) is 18.6 Å². The van der Waals surface area contributed by atoms with Crippen LogP contribution in [0.15, 0.2) is 28.9 Å². The summed E-state index contributed by atoms with van der Waals surface area (Å²) < 4.78 is 1.79. The van der Waals surface area contributed by atoms with Crippen molar-refractivity contribution < 1.29 is 0 Å². The highest BCUT2D eigenvalue weighted by atomic mass is 32.2. The summed E-state index contributed by atoms with van der Waals surface area (Å²) in [5, 5.41) is 8.94. The molecule has 0 radical (unpaired) electrons. The van der Waals surface area contributed by atoms with E-state index in [1.165, 1.54) is 11.8 Å². The lowest BCUT2D eigenvalue weighted by molar-refractivity contribution is 0.784. The molecule has 0 saturated carbocycles. The van der Waals surface area contributed by atoms with Crippen molar-refractivity contribution in [2.75, 3.05) is 5.73 Å². The van der Waals surface area contributed by atoms with Crippen LogP contribution in [-0.2, 0) is 7.05 Å². The Kier molecular flexibility index (Phi) is 2.32. The number of nitrogens with zero attached hydrogens (tertiary/aromatic N) is 5. The normalized spacial score (nSPS) is 10.4. The summed E-state index contributed by atoms with van der Waals surface area (Å²) in [6.07, 6.45) is 3.23. The van der Waals surface area contributed by atoms with Gasteiger partial charge in [0.2, 0.25) is 0 Å². The van der Waals surface area contributed by atoms with Crippen LogP contribution in [0.25, 0.3) is 0 Å². The number of anilines is 1. The first-order valence-electron chi connectivity index (χ1n) is 3.86. The van der Waals surface area contributed by atoms with Gasteiger partial charge in [-0.3, -0.25) is 0 Å². The summed E-state index contributed by atoms with van der Waals surface area (Å²) >= 11 is 1.32. The fourth-order valence-corrected chi connectivity index (χ4v) is 1.56. The SMILES string of the molecule is Cn1cnnc1Sc1nccc(N)n1. The number of aromatic nitrogens is 5. The van der Waals surface area contributed by atoms with Crippen LogP contribution in [0.3, 0.4) is 0 Å². The third-order valence-corrected chi connectivity index (χ3v) is 2.44. The topological polar surface area (TPSA) is 82.5 Å². The van der Waals surface area contributed by atoms with E-state index in [0.29, 0.717) is 11.0 Å². The predicted molar refractivity (Wildman–Crippen MR) is 51.6 cm³/mol. The smallest absolute Gasteiger partial charge is 0.198 e. The summed E-state index contributed by atoms with van der Waals surface area (Å²) in [5.41, 5.74) is 5.52. The van der Waals surface area contributed by atoms with Crippen molar-refractivity contribution in [1.29, 1.82) is 0 Å². The minimum Gasteiger partial charge on any atom is -0.384 e. The van der Waals surface area contributed by atoms with Crippen molar-refractivity contribution in [2.45, 2.75) is 10.3 Å². The van der Waals surface area contributed by atoms with E-state index < -0.39 is 0 Å². The van der Waals surface area contributed by atoms with E-state index in [-0.39, 0.29) is 0 Å². The first-order valence-corrected chi connectivity index (χ1v) is 4.68. The lowest BCUT2D eigenvalue weighted by Gasteiger charge is -1.98. The molecule has 0 spiro atoms. The zero-order chi connectivity index (χ0) is 9.97. The molecule has 0 aliphatic rings. The molecule has 2 aromatic rings. The molecule has 0 aliphatic heterocycles. The standard InChI is InChI=1S/C7H8N6S/c1-13-4-10-12-7(13)14-6-9-3-2-5(8)11-6/h2-4H,1H3,(H2,8,9,11). The van der Waals surface area contributed by atoms with Gasteiger partial charge in [-0.15, -0.1) is 10.2 Å². The Morgan fingerprint density at radius 3 is 3.00 bits per heavy atom. The second-order valence-electron chi connectivity index (χ2n) is 2.59. The van der Waals surface area contributed by atoms with Gasteiger partial charge in [-0.05, 0) is 17.8 Å². The van der Waals surface area contributed by atoms with E-state index >= 15 is 0 Å². The average molecular weight is 208 g/mol. The lowest BCUT2D eigenvalue weighted by Crippen LogP contribution is -1.95. The van der Waals surface area contributed by atoms with Crippen LogP contribution in [0.4, 0.5) is 5.82 Å². The summed E-state index contributed by atoms with van der Waals surface area (Å²) in [6, 6.07) is 1.64. The van der Waals surface area contributed by atoms with Gasteiger partial charge in [-0.1, -0.05) is 0 Å². The molecule has 2 aromatic heterocycles. The number of nitrogens with two attached hydrogens (primary N) is 1. The van der Waals surface area contributed by atoms with E-state index in [4.69, 9.17) is 5.73 Å². The zero-order valence-electron chi connectivity index (χ0n) is 7.45. The third kappa shape index (κ3) is 1.82. The van der Waals surface area contributed by atoms with Crippen LogP contribution in [0.1, 0.15) is 0 Å². The van der Waals surface area contributed by atoms with Crippen molar-refractivity contribution in [3.8, 4) is 0 Å². The van der Waals surface area contributed by atoms with Crippen LogP contribution in [0, 0.1) is 0 Å². The highest BCUT2D eigenvalue weighted by Gasteiger charge is 2.05. The number of rotatable bonds is 2. The maximum Gasteiger partial charge on any atom is 0.198 e. The highest BCUT2D eigenvalue weighted by Crippen LogP contribution is 2.21. The Hall–Kier alpha value is -1.63. The molecule has 14 heavy (non-hydrogen) atoms. The Morgan fingerprint density at radius 2 is 2.36 bits per heavy atom. The van der Waals surface area contributed by atoms with E-state index in [0.717, 1.165) is 5.16 Å². The minimum absolute atomic E-state index is 0.449. The first-order chi connectivity index (χ1) is 6.75. The van der Waals surface area contributed by atoms with Gasteiger partial charge in [-0.25, -0.2) is 9.97 Å². The molecule has 2 heterocycles. The second kappa shape index (κ2) is 3.62. The number of hydrogen-bond donors (Lipinski definition) is 1. The molecule has 2 N–H and O–H groups in total. The Balaban J connectivity index is 2.23. The van der Waals surface area contributed by atoms with Crippen molar-refractivity contribution in [3.63, 3.8) is 0 Å². The molecule has 6 nitrogen and oxygen atoms in total. The van der Waals surface area contributed by atoms with Crippen molar-refractivity contribution >= 4 is 17.6 Å². The summed E-state index contributed by atoms with van der Waals surface area (Å²) in [7, 11) is 1.86. The minimum atomic E-state index is 0.449. The second-order valence-corrected chi connectivity index (χ2v) is 3.52. The summed E-state index contributed by atoms with van der Waals surface area (Å²) in [4.78, 5) is 8.08. The Labute approximate surface area is 84.6 Å². The number of aryl methyl sites for hydroxylation is 1. The van der Waals surface area contributed by atoms with Gasteiger partial charge in [0, 0.05) is 13.2 Å². The van der Waals surface area contributed by atoms with E-state index in [1.54, 1.807) is 23.2 Å². The third-order valence-electron chi connectivity index (χ3n) is 1.51. The van der Waals surface area contributed by atoms with Gasteiger partial charge in [0.05, 0.1) is 0 Å². The zero-order valence-corrected chi connectivity index (χ0v) is 8.27. The quantitative estimate of drug-likeness (QED) is 0.716. The fourth-order valence-electron chi connectivity index (χ4n) is 0.850. The van der Waals surface area contributed by atoms with Crippen LogP contribution in [0.2, 0.25) is 0 Å². The average Bonchev–Trinajstić information content (AvgIpc) is 2.52. The van der Waals surface area contributed by atoms with E-state index in [9.17, 15) is 0 Å². The van der Waals surface area contributed by atoms with Crippen LogP contribution in [0.5, 0.6) is 0 Å². The Morgan fingerprint density at radius 1 is 1.50 bits per heavy atom. The molecular formula is C7H8N6S. The molecule has 0 unspecified atom stereocenters. The van der Waals surface area contributed by atoms with Crippen molar-refractivity contribution in [1.82, 2.24) is 24.7 Å². The van der Waals surface area contributed by atoms with E-state index in [1.807, 2.05) is 7.05 Å². The van der Waals surface area contributed by atoms with Crippen molar-refractivity contribution in [2.24, 2.45) is 7.05 Å². The molecule has 0 aromatic carbocycles. The van der Waals surface area contributed by atoms with Crippen LogP contribution < -0.4 is 5.73 Å². The van der Waals surface area contributed by atoms with Crippen LogP contribution in [-0.4, -0.2) is 24.7 Å². The number of hydrogen-bond acceptors (Lipinski definition) is 6. The van der Waals surface area contributed by atoms with Crippen LogP contribution >= 0.6 is 11.8 Å². The van der Waals surface area contributed by atoms with Gasteiger partial charge in [-0.2, -0.15) is 0 Å². The highest BCUT2D eigenvalue weighted by molar-refractivity contribution is 7.99. The maximum atomic E-state index is 5.52. The molecule has 2 rings (SSSR count). The molecule has 0 saturated heterocycles. The monoisotopic (exact) mass is 208 g/mol. The van der Waals surface area contributed by atoms with Gasteiger partial charge < -0.3 is 10.3 Å². The molecule has 7 heteroatoms. The van der Waals surface area contributed by atoms with Gasteiger partial charge in [0.15, 0.2) is 10.3 Å². The lowest BCUT2D eigenvalue weighted by atomic mass is 10.6. The molecule has 0 fully saturated rings. The maximum absolute atomic E-state index is 5.52. The molecule has 0 atom stereocenters. The summed E-state index contributed by atoms with van der Waals surface area (Å²) in [6.45, 7) is 0. The molecular weight excluding hydrogens is 200 g/mol. The Bertz CT molecular complexity index is 439. The first kappa shape index (κ1) is 8.95. The fraction of sp³-hybridized carbons (Fsp3) is 0.143. The largest absolute Gasteiger partial charge is 0.384 e. The molecule has 0 bridgehead atoms. The number of nitrogen functional groups attached to an aromatic ring is 1. The molecule has 0 aliphatic carbocycles. The van der Waals surface area contributed by atoms with Gasteiger partial charge >= 0.3 is 0 Å². The predicted octanol–water partition coefficient (Wildman–Crippen LogP) is 0.338.